The highest BCUT2D eigenvalue weighted by atomic mass is 19.4. The summed E-state index contributed by atoms with van der Waals surface area (Å²) in [6.45, 7) is 2.39. The molecule has 0 bridgehead atoms. The van der Waals surface area contributed by atoms with Gasteiger partial charge in [0.2, 0.25) is 0 Å². The summed E-state index contributed by atoms with van der Waals surface area (Å²) < 4.78 is 37.4. The molecule has 30 heavy (non-hydrogen) atoms. The summed E-state index contributed by atoms with van der Waals surface area (Å²) in [5.41, 5.74) is 8.58. The van der Waals surface area contributed by atoms with E-state index in [1.54, 1.807) is 6.07 Å². The highest BCUT2D eigenvalue weighted by Gasteiger charge is 2.38. The second-order valence-corrected chi connectivity index (χ2v) is 6.34. The van der Waals surface area contributed by atoms with Gasteiger partial charge >= 0.3 is 12.1 Å². The van der Waals surface area contributed by atoms with E-state index in [1.807, 2.05) is 30.3 Å². The molecule has 162 valence electrons. The zero-order valence-corrected chi connectivity index (χ0v) is 16.0. The van der Waals surface area contributed by atoms with Crippen molar-refractivity contribution in [1.29, 1.82) is 0 Å². The van der Waals surface area contributed by atoms with E-state index in [0.29, 0.717) is 12.3 Å². The fourth-order valence-electron chi connectivity index (χ4n) is 2.59. The van der Waals surface area contributed by atoms with Gasteiger partial charge in [0, 0.05) is 12.2 Å². The van der Waals surface area contributed by atoms with Crippen LogP contribution in [0.3, 0.4) is 0 Å². The normalized spacial score (nSPS) is 13.7. The molecule has 0 fully saturated rings. The number of carbonyl (C=O) groups is 2. The molecule has 1 aliphatic rings. The number of alkyl halides is 3. The van der Waals surface area contributed by atoms with Gasteiger partial charge in [0.15, 0.2) is 5.76 Å². The Morgan fingerprint density at radius 2 is 1.83 bits per heavy atom. The maximum atomic E-state index is 12.3. The predicted molar refractivity (Wildman–Crippen MR) is 105 cm³/mol. The molecule has 5 N–H and O–H groups in total. The van der Waals surface area contributed by atoms with Crippen molar-refractivity contribution < 1.29 is 32.3 Å². The summed E-state index contributed by atoms with van der Waals surface area (Å²) in [5, 5.41) is 13.2. The molecule has 0 radical (unpaired) electrons. The predicted octanol–water partition coefficient (Wildman–Crippen LogP) is 3.04. The second-order valence-electron chi connectivity index (χ2n) is 6.34. The fourth-order valence-corrected chi connectivity index (χ4v) is 2.59. The number of benzene rings is 1. The third-order valence-electron chi connectivity index (χ3n) is 4.10. The van der Waals surface area contributed by atoms with Gasteiger partial charge in [-0.2, -0.15) is 13.2 Å². The summed E-state index contributed by atoms with van der Waals surface area (Å²) in [4.78, 5) is 21.2. The maximum Gasteiger partial charge on any atom is 0.490 e. The molecule has 0 atom stereocenters. The van der Waals surface area contributed by atoms with Crippen LogP contribution in [-0.2, 0) is 11.2 Å². The molecule has 2 aromatic rings. The molecule has 0 aliphatic carbocycles. The van der Waals surface area contributed by atoms with Gasteiger partial charge in [0.1, 0.15) is 5.76 Å². The number of carboxylic acid groups (broad SMARTS) is 1. The lowest BCUT2D eigenvalue weighted by Gasteiger charge is -2.11. The number of aliphatic carboxylic acids is 1. The van der Waals surface area contributed by atoms with Gasteiger partial charge in [-0.05, 0) is 61.3 Å². The van der Waals surface area contributed by atoms with Crippen LogP contribution in [0.1, 0.15) is 28.3 Å². The lowest BCUT2D eigenvalue weighted by atomic mass is 10.1. The first-order valence-corrected chi connectivity index (χ1v) is 9.11. The van der Waals surface area contributed by atoms with Crippen LogP contribution in [-0.4, -0.2) is 42.8 Å². The Bertz CT molecular complexity index is 889. The van der Waals surface area contributed by atoms with Gasteiger partial charge in [-0.15, -0.1) is 0 Å². The maximum absolute atomic E-state index is 12.3. The Morgan fingerprint density at radius 3 is 2.37 bits per heavy atom. The number of nitrogens with one attached hydrogen (secondary N) is 2. The van der Waals surface area contributed by atoms with Crippen molar-refractivity contribution in [1.82, 2.24) is 5.32 Å². The van der Waals surface area contributed by atoms with Crippen LogP contribution in [0.15, 0.2) is 46.9 Å². The topological polar surface area (TPSA) is 118 Å². The van der Waals surface area contributed by atoms with E-state index in [4.69, 9.17) is 20.1 Å². The Balaban J connectivity index is 0.000000396. The number of amides is 1. The van der Waals surface area contributed by atoms with Crippen molar-refractivity contribution in [3.05, 3.63) is 59.6 Å². The average molecular weight is 425 g/mol. The molecule has 0 unspecified atom stereocenters. The first-order valence-electron chi connectivity index (χ1n) is 9.11. The molecule has 1 amide bonds. The molecule has 1 aliphatic heterocycles. The molecule has 3 rings (SSSR count). The molecule has 2 heterocycles. The average Bonchev–Trinajstić information content (AvgIpc) is 3.21. The summed E-state index contributed by atoms with van der Waals surface area (Å²) in [7, 11) is 0. The largest absolute Gasteiger partial charge is 0.490 e. The van der Waals surface area contributed by atoms with E-state index < -0.39 is 12.1 Å². The summed E-state index contributed by atoms with van der Waals surface area (Å²) in [6, 6.07) is 11.3. The Morgan fingerprint density at radius 1 is 1.17 bits per heavy atom. The number of carbonyl (C=O) groups excluding carboxylic acids is 1. The van der Waals surface area contributed by atoms with E-state index >= 15 is 0 Å². The minimum atomic E-state index is -5.08. The van der Waals surface area contributed by atoms with Gasteiger partial charge in [-0.25, -0.2) is 4.79 Å². The van der Waals surface area contributed by atoms with E-state index in [2.05, 4.69) is 16.7 Å². The standard InChI is InChI=1S/C18H21N3O2.C2HF3O2/c19-10-7-13-1-3-15(4-2-13)21-18(22)17-6-5-16(23-17)14-8-11-20-12-9-14;3-2(4,5)1(6)7/h1-6,8,20H,7,9-12,19H2,(H,21,22);(H,6,7). The third-order valence-corrected chi connectivity index (χ3v) is 4.10. The monoisotopic (exact) mass is 425 g/mol. The van der Waals surface area contributed by atoms with E-state index in [1.165, 1.54) is 0 Å². The number of hydrogen-bond donors (Lipinski definition) is 4. The number of carboxylic acids is 1. The fraction of sp³-hybridized carbons (Fsp3) is 0.300. The number of nitrogens with two attached hydrogens (primary N) is 1. The summed E-state index contributed by atoms with van der Waals surface area (Å²) >= 11 is 0. The van der Waals surface area contributed by atoms with E-state index in [0.717, 1.165) is 48.5 Å². The lowest BCUT2D eigenvalue weighted by molar-refractivity contribution is -0.192. The van der Waals surface area contributed by atoms with Crippen LogP contribution in [0, 0.1) is 0 Å². The third kappa shape index (κ3) is 7.05. The SMILES string of the molecule is NCCc1ccc(NC(=O)c2ccc(C3=CCNCC3)o2)cc1.O=C(O)C(F)(F)F. The van der Waals surface area contributed by atoms with Crippen molar-refractivity contribution in [3.8, 4) is 0 Å². The minimum Gasteiger partial charge on any atom is -0.475 e. The van der Waals surface area contributed by atoms with Crippen molar-refractivity contribution in [2.24, 2.45) is 5.73 Å². The summed E-state index contributed by atoms with van der Waals surface area (Å²) in [6.07, 6.45) is -1.24. The van der Waals surface area contributed by atoms with Crippen molar-refractivity contribution in [2.45, 2.75) is 19.0 Å². The van der Waals surface area contributed by atoms with Crippen LogP contribution in [0.25, 0.3) is 5.57 Å². The van der Waals surface area contributed by atoms with Crippen LogP contribution < -0.4 is 16.4 Å². The van der Waals surface area contributed by atoms with Crippen molar-refractivity contribution in [3.63, 3.8) is 0 Å². The number of hydrogen-bond acceptors (Lipinski definition) is 5. The molecule has 10 heteroatoms. The highest BCUT2D eigenvalue weighted by molar-refractivity contribution is 6.02. The number of halogens is 3. The van der Waals surface area contributed by atoms with Gasteiger partial charge in [-0.1, -0.05) is 18.2 Å². The number of anilines is 1. The van der Waals surface area contributed by atoms with Crippen LogP contribution in [0.4, 0.5) is 18.9 Å². The zero-order chi connectivity index (χ0) is 22.1. The van der Waals surface area contributed by atoms with Crippen LogP contribution in [0.5, 0.6) is 0 Å². The number of rotatable bonds is 5. The molecular formula is C20H22F3N3O4. The lowest BCUT2D eigenvalue weighted by Crippen LogP contribution is -2.21. The zero-order valence-electron chi connectivity index (χ0n) is 16.0. The molecule has 1 aromatic heterocycles. The molecule has 0 saturated carbocycles. The molecule has 0 saturated heterocycles. The Labute approximate surface area is 170 Å². The smallest absolute Gasteiger partial charge is 0.475 e. The molecule has 1 aromatic carbocycles. The quantitative estimate of drug-likeness (QED) is 0.585. The first-order chi connectivity index (χ1) is 14.2. The minimum absolute atomic E-state index is 0.239. The summed E-state index contributed by atoms with van der Waals surface area (Å²) in [5.74, 6) is -1.90. The molecule has 7 nitrogen and oxygen atoms in total. The molecule has 0 spiro atoms. The van der Waals surface area contributed by atoms with Gasteiger partial charge < -0.3 is 25.9 Å². The van der Waals surface area contributed by atoms with Gasteiger partial charge in [0.05, 0.1) is 0 Å². The first kappa shape index (κ1) is 23.2. The number of furan rings is 1. The Hall–Kier alpha value is -3.11. The Kier molecular flexibility index (Phi) is 8.19. The van der Waals surface area contributed by atoms with Gasteiger partial charge in [-0.3, -0.25) is 4.79 Å². The highest BCUT2D eigenvalue weighted by Crippen LogP contribution is 2.22. The van der Waals surface area contributed by atoms with Crippen LogP contribution in [0.2, 0.25) is 0 Å². The van der Waals surface area contributed by atoms with Crippen molar-refractivity contribution >= 4 is 23.1 Å². The second kappa shape index (κ2) is 10.6. The molecular weight excluding hydrogens is 403 g/mol. The van der Waals surface area contributed by atoms with Crippen LogP contribution >= 0.6 is 0 Å². The van der Waals surface area contributed by atoms with E-state index in [-0.39, 0.29) is 5.91 Å². The van der Waals surface area contributed by atoms with Crippen molar-refractivity contribution in [2.75, 3.05) is 25.0 Å². The van der Waals surface area contributed by atoms with Gasteiger partial charge in [0.25, 0.3) is 5.91 Å². The van der Waals surface area contributed by atoms with E-state index in [9.17, 15) is 18.0 Å².